The molecule has 0 radical (unpaired) electrons. The van der Waals surface area contributed by atoms with Crippen LogP contribution in [0.25, 0.3) is 0 Å². The Labute approximate surface area is 159 Å². The first-order valence-corrected chi connectivity index (χ1v) is 10.0. The van der Waals surface area contributed by atoms with Crippen molar-refractivity contribution >= 4 is 29.3 Å². The van der Waals surface area contributed by atoms with Crippen LogP contribution in [0.4, 0.5) is 5.69 Å². The van der Waals surface area contributed by atoms with Gasteiger partial charge in [0.25, 0.3) is 5.91 Å². The van der Waals surface area contributed by atoms with Gasteiger partial charge in [0.15, 0.2) is 0 Å². The molecule has 0 spiro atoms. The first kappa shape index (κ1) is 20.0. The van der Waals surface area contributed by atoms with Crippen molar-refractivity contribution in [1.82, 2.24) is 5.32 Å². The molecule has 0 aliphatic rings. The normalized spacial score (nSPS) is 11.7. The summed E-state index contributed by atoms with van der Waals surface area (Å²) in [4.78, 5) is 25.3. The molecule has 2 N–H and O–H groups in total. The molecule has 0 bridgehead atoms. The minimum Gasteiger partial charge on any atom is -0.340 e. The molecule has 2 aromatic carbocycles. The molecule has 0 aliphatic carbocycles. The third-order valence-electron chi connectivity index (χ3n) is 4.00. The van der Waals surface area contributed by atoms with E-state index in [1.807, 2.05) is 57.4 Å². The number of hydrogen-bond acceptors (Lipinski definition) is 3. The summed E-state index contributed by atoms with van der Waals surface area (Å²) in [6.07, 6.45) is 2.57. The number of anilines is 1. The lowest BCUT2D eigenvalue weighted by Gasteiger charge is -2.19. The van der Waals surface area contributed by atoms with E-state index in [1.54, 1.807) is 17.8 Å². The Bertz CT molecular complexity index is 769. The molecule has 138 valence electrons. The molecular formula is C21H26N2O2S. The second-order valence-electron chi connectivity index (χ2n) is 6.54. The molecule has 1 atom stereocenters. The SMILES string of the molecule is CSCCC(NC(=O)c1cccc(C)c1)C(=O)Nc1cc(C)cc(C)c1. The summed E-state index contributed by atoms with van der Waals surface area (Å²) in [5.74, 6) is 0.374. The zero-order valence-corrected chi connectivity index (χ0v) is 16.6. The third kappa shape index (κ3) is 5.92. The number of carbonyl (C=O) groups is 2. The third-order valence-corrected chi connectivity index (χ3v) is 4.65. The van der Waals surface area contributed by atoms with Crippen molar-refractivity contribution in [2.24, 2.45) is 0 Å². The summed E-state index contributed by atoms with van der Waals surface area (Å²) in [6.45, 7) is 5.93. The molecule has 2 amide bonds. The largest absolute Gasteiger partial charge is 0.340 e. The fourth-order valence-electron chi connectivity index (χ4n) is 2.81. The van der Waals surface area contributed by atoms with E-state index < -0.39 is 6.04 Å². The lowest BCUT2D eigenvalue weighted by atomic mass is 10.1. The predicted molar refractivity (Wildman–Crippen MR) is 110 cm³/mol. The van der Waals surface area contributed by atoms with Gasteiger partial charge in [0.1, 0.15) is 6.04 Å². The first-order chi connectivity index (χ1) is 12.4. The topological polar surface area (TPSA) is 58.2 Å². The Morgan fingerprint density at radius 2 is 1.69 bits per heavy atom. The maximum Gasteiger partial charge on any atom is 0.251 e. The van der Waals surface area contributed by atoms with Crippen LogP contribution in [0.2, 0.25) is 0 Å². The number of rotatable bonds is 7. The Balaban J connectivity index is 2.12. The average molecular weight is 371 g/mol. The van der Waals surface area contributed by atoms with Gasteiger partial charge < -0.3 is 10.6 Å². The Morgan fingerprint density at radius 1 is 1.00 bits per heavy atom. The van der Waals surface area contributed by atoms with Gasteiger partial charge in [0.05, 0.1) is 0 Å². The first-order valence-electron chi connectivity index (χ1n) is 8.64. The smallest absolute Gasteiger partial charge is 0.251 e. The Morgan fingerprint density at radius 3 is 2.31 bits per heavy atom. The summed E-state index contributed by atoms with van der Waals surface area (Å²) in [5, 5.41) is 5.82. The van der Waals surface area contributed by atoms with Crippen LogP contribution in [-0.4, -0.2) is 29.9 Å². The second kappa shape index (κ2) is 9.43. The molecular weight excluding hydrogens is 344 g/mol. The summed E-state index contributed by atoms with van der Waals surface area (Å²) >= 11 is 1.65. The number of carbonyl (C=O) groups excluding carboxylic acids is 2. The van der Waals surface area contributed by atoms with E-state index in [-0.39, 0.29) is 11.8 Å². The Kier molecular flexibility index (Phi) is 7.27. The lowest BCUT2D eigenvalue weighted by molar-refractivity contribution is -0.118. The van der Waals surface area contributed by atoms with Crippen LogP contribution >= 0.6 is 11.8 Å². The van der Waals surface area contributed by atoms with Gasteiger partial charge in [-0.3, -0.25) is 9.59 Å². The predicted octanol–water partition coefficient (Wildman–Crippen LogP) is 4.10. The second-order valence-corrected chi connectivity index (χ2v) is 7.53. The van der Waals surface area contributed by atoms with Crippen LogP contribution in [-0.2, 0) is 4.79 Å². The van der Waals surface area contributed by atoms with Crippen molar-refractivity contribution in [1.29, 1.82) is 0 Å². The van der Waals surface area contributed by atoms with Crippen LogP contribution in [0, 0.1) is 20.8 Å². The van der Waals surface area contributed by atoms with E-state index in [0.29, 0.717) is 12.0 Å². The van der Waals surface area contributed by atoms with Gasteiger partial charge in [-0.05, 0) is 74.6 Å². The maximum atomic E-state index is 12.7. The van der Waals surface area contributed by atoms with Crippen molar-refractivity contribution in [3.05, 3.63) is 64.7 Å². The van der Waals surface area contributed by atoms with Gasteiger partial charge in [-0.15, -0.1) is 0 Å². The van der Waals surface area contributed by atoms with E-state index in [4.69, 9.17) is 0 Å². The average Bonchev–Trinajstić information content (AvgIpc) is 2.57. The van der Waals surface area contributed by atoms with Crippen molar-refractivity contribution in [2.45, 2.75) is 33.2 Å². The molecule has 0 saturated carbocycles. The number of hydrogen-bond donors (Lipinski definition) is 2. The summed E-state index contributed by atoms with van der Waals surface area (Å²) in [6, 6.07) is 12.7. The molecule has 5 heteroatoms. The molecule has 26 heavy (non-hydrogen) atoms. The maximum absolute atomic E-state index is 12.7. The molecule has 1 unspecified atom stereocenters. The molecule has 0 heterocycles. The zero-order chi connectivity index (χ0) is 19.1. The minimum absolute atomic E-state index is 0.190. The lowest BCUT2D eigenvalue weighted by Crippen LogP contribution is -2.44. The summed E-state index contributed by atoms with van der Waals surface area (Å²) in [5.41, 5.74) is 4.51. The fourth-order valence-corrected chi connectivity index (χ4v) is 3.28. The van der Waals surface area contributed by atoms with Gasteiger partial charge in [0, 0.05) is 11.3 Å². The highest BCUT2D eigenvalue weighted by Crippen LogP contribution is 2.15. The highest BCUT2D eigenvalue weighted by Gasteiger charge is 2.21. The van der Waals surface area contributed by atoms with Crippen LogP contribution in [0.15, 0.2) is 42.5 Å². The van der Waals surface area contributed by atoms with Crippen molar-refractivity contribution < 1.29 is 9.59 Å². The van der Waals surface area contributed by atoms with E-state index in [2.05, 4.69) is 16.7 Å². The molecule has 4 nitrogen and oxygen atoms in total. The highest BCUT2D eigenvalue weighted by atomic mass is 32.2. The number of aryl methyl sites for hydroxylation is 3. The molecule has 0 aliphatic heterocycles. The number of amides is 2. The van der Waals surface area contributed by atoms with Crippen LogP contribution in [0.5, 0.6) is 0 Å². The highest BCUT2D eigenvalue weighted by molar-refractivity contribution is 7.98. The van der Waals surface area contributed by atoms with Gasteiger partial charge >= 0.3 is 0 Å². The minimum atomic E-state index is -0.573. The van der Waals surface area contributed by atoms with Crippen molar-refractivity contribution in [3.63, 3.8) is 0 Å². The van der Waals surface area contributed by atoms with E-state index in [0.717, 1.165) is 28.1 Å². The molecule has 2 rings (SSSR count). The quantitative estimate of drug-likeness (QED) is 0.771. The molecule has 2 aromatic rings. The van der Waals surface area contributed by atoms with Gasteiger partial charge in [0.2, 0.25) is 5.91 Å². The van der Waals surface area contributed by atoms with Crippen LogP contribution in [0.1, 0.15) is 33.5 Å². The summed E-state index contributed by atoms with van der Waals surface area (Å²) < 4.78 is 0. The number of nitrogens with one attached hydrogen (secondary N) is 2. The monoisotopic (exact) mass is 370 g/mol. The fraction of sp³-hybridized carbons (Fsp3) is 0.333. The van der Waals surface area contributed by atoms with Crippen LogP contribution in [0.3, 0.4) is 0 Å². The van der Waals surface area contributed by atoms with Gasteiger partial charge in [-0.1, -0.05) is 23.8 Å². The standard InChI is InChI=1S/C21H26N2O2S/c1-14-6-5-7-17(11-14)20(24)23-19(8-9-26-4)21(25)22-18-12-15(2)10-16(3)13-18/h5-7,10-13,19H,8-9H2,1-4H3,(H,22,25)(H,23,24). The van der Waals surface area contributed by atoms with Gasteiger partial charge in [-0.2, -0.15) is 11.8 Å². The van der Waals surface area contributed by atoms with Crippen LogP contribution < -0.4 is 10.6 Å². The zero-order valence-electron chi connectivity index (χ0n) is 15.8. The Hall–Kier alpha value is -2.27. The van der Waals surface area contributed by atoms with E-state index in [1.165, 1.54) is 0 Å². The number of thioether (sulfide) groups is 1. The molecule has 0 aromatic heterocycles. The van der Waals surface area contributed by atoms with Gasteiger partial charge in [-0.25, -0.2) is 0 Å². The van der Waals surface area contributed by atoms with E-state index >= 15 is 0 Å². The molecule has 0 saturated heterocycles. The molecule has 0 fully saturated rings. The van der Waals surface area contributed by atoms with Crippen molar-refractivity contribution in [3.8, 4) is 0 Å². The van der Waals surface area contributed by atoms with E-state index in [9.17, 15) is 9.59 Å². The summed E-state index contributed by atoms with van der Waals surface area (Å²) in [7, 11) is 0. The van der Waals surface area contributed by atoms with Crippen molar-refractivity contribution in [2.75, 3.05) is 17.3 Å². The number of benzene rings is 2.